The molecule has 1 aromatic heterocycles. The van der Waals surface area contributed by atoms with Crippen LogP contribution in [0.15, 0.2) is 4.52 Å². The van der Waals surface area contributed by atoms with Crippen LogP contribution in [0.25, 0.3) is 0 Å². The van der Waals surface area contributed by atoms with Gasteiger partial charge in [0, 0.05) is 6.61 Å². The second-order valence-corrected chi connectivity index (χ2v) is 4.12. The van der Waals surface area contributed by atoms with Gasteiger partial charge in [0.25, 0.3) is 0 Å². The second-order valence-electron chi connectivity index (χ2n) is 4.12. The minimum Gasteiger partial charge on any atom is -0.383 e. The molecule has 0 saturated heterocycles. The highest BCUT2D eigenvalue weighted by atomic mass is 19.4. The summed E-state index contributed by atoms with van der Waals surface area (Å²) in [5.74, 6) is -1.38. The van der Waals surface area contributed by atoms with Gasteiger partial charge in [0.2, 0.25) is 11.7 Å². The van der Waals surface area contributed by atoms with E-state index in [-0.39, 0.29) is 11.7 Å². The molecule has 0 saturated carbocycles. The van der Waals surface area contributed by atoms with Crippen molar-refractivity contribution in [1.29, 1.82) is 0 Å². The molecule has 3 unspecified atom stereocenters. The van der Waals surface area contributed by atoms with Crippen LogP contribution in [-0.2, 0) is 4.74 Å². The Morgan fingerprint density at radius 1 is 1.37 bits per heavy atom. The van der Waals surface area contributed by atoms with Gasteiger partial charge in [0.1, 0.15) is 6.10 Å². The number of alkyl halides is 3. The quantitative estimate of drug-likeness (QED) is 0.868. The number of rotatable bonds is 6. The van der Waals surface area contributed by atoms with Crippen LogP contribution in [0.2, 0.25) is 0 Å². The van der Waals surface area contributed by atoms with Crippen LogP contribution < -0.4 is 0 Å². The van der Waals surface area contributed by atoms with E-state index in [0.717, 1.165) is 0 Å². The molecule has 0 aliphatic rings. The summed E-state index contributed by atoms with van der Waals surface area (Å²) in [5, 5.41) is 12.7. The molecule has 0 bridgehead atoms. The van der Waals surface area contributed by atoms with E-state index in [4.69, 9.17) is 14.4 Å². The van der Waals surface area contributed by atoms with Gasteiger partial charge in [-0.2, -0.15) is 18.2 Å². The normalized spacial score (nSPS) is 17.2. The Hall–Kier alpha value is -1.15. The molecular weight excluding hydrogens is 265 g/mol. The van der Waals surface area contributed by atoms with E-state index >= 15 is 0 Å². The van der Waals surface area contributed by atoms with Crippen molar-refractivity contribution in [3.05, 3.63) is 11.7 Å². The first-order chi connectivity index (χ1) is 8.81. The smallest absolute Gasteiger partial charge is 0.383 e. The number of ether oxygens (including phenoxy) is 1. The van der Waals surface area contributed by atoms with E-state index in [1.807, 2.05) is 6.92 Å². The molecule has 0 aliphatic carbocycles. The summed E-state index contributed by atoms with van der Waals surface area (Å²) in [6.45, 7) is 5.24. The maximum absolute atomic E-state index is 12.4. The summed E-state index contributed by atoms with van der Waals surface area (Å²) >= 11 is 0. The minimum atomic E-state index is -4.72. The Morgan fingerprint density at radius 3 is 2.47 bits per heavy atom. The van der Waals surface area contributed by atoms with Gasteiger partial charge in [0.05, 0.1) is 5.92 Å². The van der Waals surface area contributed by atoms with Crippen molar-refractivity contribution < 1.29 is 27.5 Å². The highest BCUT2D eigenvalue weighted by Gasteiger charge is 2.44. The molecule has 0 radical (unpaired) electrons. The maximum Gasteiger partial charge on any atom is 0.415 e. The lowest BCUT2D eigenvalue weighted by molar-refractivity contribution is -0.210. The van der Waals surface area contributed by atoms with Crippen LogP contribution in [0.1, 0.15) is 50.9 Å². The number of hydrogen-bond donors (Lipinski definition) is 1. The van der Waals surface area contributed by atoms with Crippen molar-refractivity contribution in [3.8, 4) is 0 Å². The summed E-state index contributed by atoms with van der Waals surface area (Å²) in [4.78, 5) is 3.87. The zero-order valence-corrected chi connectivity index (χ0v) is 10.9. The van der Waals surface area contributed by atoms with Crippen molar-refractivity contribution in [2.45, 2.75) is 51.5 Å². The standard InChI is InChI=1S/C11H17F3N2O3/c1-4-7(18-5-2)9-15-10(19-16-9)6(3)8(17)11(12,13)14/h6-8,17H,4-5H2,1-3H3. The van der Waals surface area contributed by atoms with Gasteiger partial charge in [-0.25, -0.2) is 0 Å². The first-order valence-electron chi connectivity index (χ1n) is 6.01. The largest absolute Gasteiger partial charge is 0.415 e. The van der Waals surface area contributed by atoms with E-state index in [9.17, 15) is 13.2 Å². The van der Waals surface area contributed by atoms with Crippen molar-refractivity contribution in [1.82, 2.24) is 10.1 Å². The zero-order chi connectivity index (χ0) is 14.6. The Morgan fingerprint density at radius 2 is 2.00 bits per heavy atom. The Bertz CT molecular complexity index is 395. The topological polar surface area (TPSA) is 68.4 Å². The van der Waals surface area contributed by atoms with Gasteiger partial charge < -0.3 is 14.4 Å². The fourth-order valence-electron chi connectivity index (χ4n) is 1.56. The molecule has 110 valence electrons. The highest BCUT2D eigenvalue weighted by molar-refractivity contribution is 4.99. The molecule has 0 spiro atoms. The molecule has 0 fully saturated rings. The van der Waals surface area contributed by atoms with E-state index in [0.29, 0.717) is 13.0 Å². The van der Waals surface area contributed by atoms with Crippen LogP contribution in [0.4, 0.5) is 13.2 Å². The monoisotopic (exact) mass is 282 g/mol. The summed E-state index contributed by atoms with van der Waals surface area (Å²) in [5.41, 5.74) is 0. The van der Waals surface area contributed by atoms with E-state index < -0.39 is 24.3 Å². The van der Waals surface area contributed by atoms with Crippen LogP contribution in [-0.4, -0.2) is 34.1 Å². The number of aliphatic hydroxyl groups excluding tert-OH is 1. The van der Waals surface area contributed by atoms with Crippen molar-refractivity contribution in [2.24, 2.45) is 0 Å². The predicted molar refractivity (Wildman–Crippen MR) is 59.4 cm³/mol. The van der Waals surface area contributed by atoms with Crippen LogP contribution in [0, 0.1) is 0 Å². The highest BCUT2D eigenvalue weighted by Crippen LogP contribution is 2.31. The average Bonchev–Trinajstić information content (AvgIpc) is 2.82. The fourth-order valence-corrected chi connectivity index (χ4v) is 1.56. The first-order valence-corrected chi connectivity index (χ1v) is 6.01. The first kappa shape index (κ1) is 15.9. The van der Waals surface area contributed by atoms with Gasteiger partial charge in [-0.1, -0.05) is 19.0 Å². The van der Waals surface area contributed by atoms with E-state index in [2.05, 4.69) is 10.1 Å². The summed E-state index contributed by atoms with van der Waals surface area (Å²) in [6.07, 6.45) is -7.10. The average molecular weight is 282 g/mol. The number of halogens is 3. The third-order valence-corrected chi connectivity index (χ3v) is 2.68. The number of aromatic nitrogens is 2. The lowest BCUT2D eigenvalue weighted by atomic mass is 10.0. The maximum atomic E-state index is 12.4. The molecule has 1 rings (SSSR count). The van der Waals surface area contributed by atoms with E-state index in [1.165, 1.54) is 6.92 Å². The lowest BCUT2D eigenvalue weighted by Gasteiger charge is -2.18. The molecule has 3 atom stereocenters. The van der Waals surface area contributed by atoms with Crippen molar-refractivity contribution in [3.63, 3.8) is 0 Å². The van der Waals surface area contributed by atoms with Crippen LogP contribution in [0.3, 0.4) is 0 Å². The molecule has 1 heterocycles. The van der Waals surface area contributed by atoms with Gasteiger partial charge in [-0.3, -0.25) is 0 Å². The fraction of sp³-hybridized carbons (Fsp3) is 0.818. The molecule has 0 amide bonds. The van der Waals surface area contributed by atoms with Gasteiger partial charge in [-0.05, 0) is 13.3 Å². The zero-order valence-electron chi connectivity index (χ0n) is 10.9. The Labute approximate surface area is 108 Å². The van der Waals surface area contributed by atoms with Gasteiger partial charge in [0.15, 0.2) is 6.10 Å². The summed E-state index contributed by atoms with van der Waals surface area (Å²) < 4.78 is 47.2. The van der Waals surface area contributed by atoms with Gasteiger partial charge in [-0.15, -0.1) is 0 Å². The second kappa shape index (κ2) is 6.33. The lowest BCUT2D eigenvalue weighted by Crippen LogP contribution is -2.33. The third-order valence-electron chi connectivity index (χ3n) is 2.68. The molecule has 0 aromatic carbocycles. The molecule has 1 aromatic rings. The van der Waals surface area contributed by atoms with Crippen LogP contribution in [0.5, 0.6) is 0 Å². The molecular formula is C11H17F3N2O3. The molecule has 19 heavy (non-hydrogen) atoms. The Balaban J connectivity index is 2.84. The predicted octanol–water partition coefficient (Wildman–Crippen LogP) is 2.58. The van der Waals surface area contributed by atoms with Crippen molar-refractivity contribution >= 4 is 0 Å². The van der Waals surface area contributed by atoms with E-state index in [1.54, 1.807) is 6.92 Å². The Kier molecular flexibility index (Phi) is 5.30. The molecule has 8 heteroatoms. The third kappa shape index (κ3) is 3.90. The van der Waals surface area contributed by atoms with Gasteiger partial charge >= 0.3 is 6.18 Å². The van der Waals surface area contributed by atoms with Crippen LogP contribution >= 0.6 is 0 Å². The summed E-state index contributed by atoms with van der Waals surface area (Å²) in [7, 11) is 0. The molecule has 0 aliphatic heterocycles. The number of hydrogen-bond acceptors (Lipinski definition) is 5. The van der Waals surface area contributed by atoms with Crippen molar-refractivity contribution in [2.75, 3.05) is 6.61 Å². The summed E-state index contributed by atoms with van der Waals surface area (Å²) in [6, 6.07) is 0. The SMILES string of the molecule is CCOC(CC)c1noc(C(C)C(O)C(F)(F)F)n1. The molecule has 5 nitrogen and oxygen atoms in total. The molecule has 1 N–H and O–H groups in total. The number of aliphatic hydroxyl groups is 1. The number of nitrogens with zero attached hydrogens (tertiary/aromatic N) is 2. The minimum absolute atomic E-state index is 0.195.